The molecule has 2 N–H and O–H groups in total. The fourth-order valence-electron chi connectivity index (χ4n) is 0.987. The highest BCUT2D eigenvalue weighted by Crippen LogP contribution is 2.30. The number of hydrogen-bond donors (Lipinski definition) is 2. The first-order chi connectivity index (χ1) is 5.10. The molecule has 0 aliphatic carbocycles. The Labute approximate surface area is 70.0 Å². The average molecular weight is 156 g/mol. The fraction of sp³-hybridized carbons (Fsp3) is 1.00. The molecule has 0 aromatic carbocycles. The second kappa shape index (κ2) is 4.78. The molecule has 0 heterocycles. The van der Waals surface area contributed by atoms with Gasteiger partial charge in [0.05, 0.1) is 14.0 Å². The van der Waals surface area contributed by atoms with Crippen molar-refractivity contribution in [3.8, 4) is 0 Å². The van der Waals surface area contributed by atoms with Crippen LogP contribution in [0.3, 0.4) is 0 Å². The summed E-state index contributed by atoms with van der Waals surface area (Å²) in [6, 6.07) is 0. The zero-order chi connectivity index (χ0) is 8.91. The molecule has 64 valence electrons. The van der Waals surface area contributed by atoms with Crippen LogP contribution in [-0.2, 0) is 0 Å². The van der Waals surface area contributed by atoms with E-state index >= 15 is 0 Å². The summed E-state index contributed by atoms with van der Waals surface area (Å²) in [5.74, 6) is 0. The Balaban J connectivity index is 4.00. The molecule has 0 bridgehead atoms. The largest absolute Gasteiger partial charge is 0.396 e. The number of hydrogen-bond acceptors (Lipinski definition) is 2. The summed E-state index contributed by atoms with van der Waals surface area (Å²) in [5.41, 5.74) is -0.233. The van der Waals surface area contributed by atoms with Crippen LogP contribution in [0.2, 0.25) is 6.32 Å². The molecule has 11 heavy (non-hydrogen) atoms. The first-order valence-corrected chi connectivity index (χ1v) is 4.09. The summed E-state index contributed by atoms with van der Waals surface area (Å²) in [5, 5.41) is 18.1. The quantitative estimate of drug-likeness (QED) is 0.576. The summed E-state index contributed by atoms with van der Waals surface area (Å²) in [7, 11) is 5.51. The van der Waals surface area contributed by atoms with Crippen molar-refractivity contribution in [2.45, 2.75) is 39.1 Å². The molecule has 2 nitrogen and oxygen atoms in total. The molecule has 3 heteroatoms. The van der Waals surface area contributed by atoms with E-state index in [4.69, 9.17) is 13.0 Å². The van der Waals surface area contributed by atoms with Gasteiger partial charge in [0, 0.05) is 6.61 Å². The molecule has 0 saturated heterocycles. The van der Waals surface area contributed by atoms with E-state index in [0.29, 0.717) is 12.7 Å². The van der Waals surface area contributed by atoms with Crippen LogP contribution in [0.25, 0.3) is 0 Å². The van der Waals surface area contributed by atoms with Crippen LogP contribution in [0.4, 0.5) is 0 Å². The van der Waals surface area contributed by atoms with Crippen molar-refractivity contribution in [3.05, 3.63) is 0 Å². The highest BCUT2D eigenvalue weighted by molar-refractivity contribution is 6.09. The second-order valence-corrected chi connectivity index (χ2v) is 3.24. The van der Waals surface area contributed by atoms with Crippen molar-refractivity contribution in [2.24, 2.45) is 5.41 Å². The Morgan fingerprint density at radius 3 is 2.36 bits per heavy atom. The average Bonchev–Trinajstić information content (AvgIpc) is 2.03. The lowest BCUT2D eigenvalue weighted by atomic mass is 9.71. The predicted molar refractivity (Wildman–Crippen MR) is 46.7 cm³/mol. The Hall–Kier alpha value is -0.0151. The van der Waals surface area contributed by atoms with Gasteiger partial charge >= 0.3 is 0 Å². The van der Waals surface area contributed by atoms with Gasteiger partial charge in [-0.15, -0.1) is 0 Å². The van der Waals surface area contributed by atoms with Gasteiger partial charge in [-0.2, -0.15) is 0 Å². The van der Waals surface area contributed by atoms with Gasteiger partial charge in [-0.1, -0.05) is 20.2 Å². The minimum atomic E-state index is -0.484. The van der Waals surface area contributed by atoms with Crippen LogP contribution >= 0.6 is 0 Å². The molecule has 1 unspecified atom stereocenters. The van der Waals surface area contributed by atoms with E-state index < -0.39 is 6.10 Å². The van der Waals surface area contributed by atoms with Gasteiger partial charge in [0.2, 0.25) is 0 Å². The first kappa shape index (κ1) is 11.0. The van der Waals surface area contributed by atoms with E-state index in [1.807, 2.05) is 13.8 Å². The molecule has 0 amide bonds. The predicted octanol–water partition coefficient (Wildman–Crippen LogP) is 0.733. The summed E-state index contributed by atoms with van der Waals surface area (Å²) < 4.78 is 0. The Morgan fingerprint density at radius 1 is 1.55 bits per heavy atom. The third-order valence-electron chi connectivity index (χ3n) is 2.48. The van der Waals surface area contributed by atoms with Gasteiger partial charge in [0.1, 0.15) is 0 Å². The monoisotopic (exact) mass is 156 g/mol. The molecule has 2 radical (unpaired) electrons. The lowest BCUT2D eigenvalue weighted by Crippen LogP contribution is -2.32. The topological polar surface area (TPSA) is 40.5 Å². The SMILES string of the molecule is [B]CC(C)(CC)[C@@H](O)CCO. The third-order valence-corrected chi connectivity index (χ3v) is 2.48. The molecule has 2 atom stereocenters. The van der Waals surface area contributed by atoms with Gasteiger partial charge < -0.3 is 10.2 Å². The van der Waals surface area contributed by atoms with Crippen LogP contribution in [0.15, 0.2) is 0 Å². The third kappa shape index (κ3) is 2.84. The van der Waals surface area contributed by atoms with E-state index in [1.54, 1.807) is 0 Å². The van der Waals surface area contributed by atoms with E-state index in [9.17, 15) is 5.11 Å². The van der Waals surface area contributed by atoms with E-state index in [0.717, 1.165) is 6.42 Å². The summed E-state index contributed by atoms with van der Waals surface area (Å²) >= 11 is 0. The van der Waals surface area contributed by atoms with Crippen LogP contribution in [-0.4, -0.2) is 30.8 Å². The van der Waals surface area contributed by atoms with E-state index in [1.165, 1.54) is 0 Å². The van der Waals surface area contributed by atoms with Crippen molar-refractivity contribution >= 4 is 7.85 Å². The number of aliphatic hydroxyl groups is 2. The zero-order valence-electron chi connectivity index (χ0n) is 7.38. The van der Waals surface area contributed by atoms with E-state index in [-0.39, 0.29) is 12.0 Å². The first-order valence-electron chi connectivity index (χ1n) is 4.09. The van der Waals surface area contributed by atoms with Gasteiger partial charge in [-0.05, 0) is 18.3 Å². The molecule has 0 aliphatic heterocycles. The standard InChI is InChI=1S/C8H17BO2/c1-3-8(2,6-9)7(11)4-5-10/h7,10-11H,3-6H2,1-2H3/t7-,8?/m0/s1. The molecule has 0 spiro atoms. The maximum Gasteiger partial charge on any atom is 0.0661 e. The molecule has 0 rings (SSSR count). The summed E-state index contributed by atoms with van der Waals surface area (Å²) in [6.45, 7) is 3.96. The van der Waals surface area contributed by atoms with Gasteiger partial charge in [-0.25, -0.2) is 0 Å². The Morgan fingerprint density at radius 2 is 2.09 bits per heavy atom. The van der Waals surface area contributed by atoms with Gasteiger partial charge in [0.15, 0.2) is 0 Å². The lowest BCUT2D eigenvalue weighted by molar-refractivity contribution is 0.0276. The van der Waals surface area contributed by atoms with Crippen molar-refractivity contribution in [3.63, 3.8) is 0 Å². The lowest BCUT2D eigenvalue weighted by Gasteiger charge is -2.32. The molecule has 0 aromatic rings. The Bertz CT molecular complexity index is 102. The highest BCUT2D eigenvalue weighted by Gasteiger charge is 2.27. The molecular weight excluding hydrogens is 139 g/mol. The maximum absolute atomic E-state index is 9.53. The van der Waals surface area contributed by atoms with Crippen molar-refractivity contribution in [2.75, 3.05) is 6.61 Å². The number of aliphatic hydroxyl groups excluding tert-OH is 2. The summed E-state index contributed by atoms with van der Waals surface area (Å²) in [6.07, 6.45) is 1.24. The van der Waals surface area contributed by atoms with Gasteiger partial charge in [0.25, 0.3) is 0 Å². The summed E-state index contributed by atoms with van der Waals surface area (Å²) in [4.78, 5) is 0. The number of rotatable bonds is 5. The minimum Gasteiger partial charge on any atom is -0.396 e. The van der Waals surface area contributed by atoms with Crippen LogP contribution in [0, 0.1) is 5.41 Å². The minimum absolute atomic E-state index is 0.0246. The van der Waals surface area contributed by atoms with Gasteiger partial charge in [-0.3, -0.25) is 0 Å². The zero-order valence-corrected chi connectivity index (χ0v) is 7.38. The second-order valence-electron chi connectivity index (χ2n) is 3.24. The maximum atomic E-state index is 9.53. The normalized spacial score (nSPS) is 19.3. The Kier molecular flexibility index (Phi) is 4.77. The van der Waals surface area contributed by atoms with Crippen LogP contribution < -0.4 is 0 Å². The highest BCUT2D eigenvalue weighted by atomic mass is 16.3. The smallest absolute Gasteiger partial charge is 0.0661 e. The molecule has 0 fully saturated rings. The van der Waals surface area contributed by atoms with Crippen molar-refractivity contribution in [1.82, 2.24) is 0 Å². The van der Waals surface area contributed by atoms with Crippen molar-refractivity contribution in [1.29, 1.82) is 0 Å². The van der Waals surface area contributed by atoms with Crippen LogP contribution in [0.1, 0.15) is 26.7 Å². The molecular formula is C8H17BO2. The molecule has 0 aliphatic rings. The fourth-order valence-corrected chi connectivity index (χ4v) is 0.987. The molecule has 0 aromatic heterocycles. The van der Waals surface area contributed by atoms with E-state index in [2.05, 4.69) is 0 Å². The van der Waals surface area contributed by atoms with Crippen molar-refractivity contribution < 1.29 is 10.2 Å². The molecule has 0 saturated carbocycles. The van der Waals surface area contributed by atoms with Crippen LogP contribution in [0.5, 0.6) is 0 Å².